The number of rotatable bonds is 10. The van der Waals surface area contributed by atoms with Crippen LogP contribution in [0.3, 0.4) is 0 Å². The molecule has 29 heavy (non-hydrogen) atoms. The number of hydrogen-bond acceptors (Lipinski definition) is 5. The molecule has 0 atom stereocenters. The Morgan fingerprint density at radius 3 is 2.69 bits per heavy atom. The lowest BCUT2D eigenvalue weighted by Gasteiger charge is -2.23. The van der Waals surface area contributed by atoms with Crippen molar-refractivity contribution in [3.63, 3.8) is 0 Å². The van der Waals surface area contributed by atoms with Gasteiger partial charge in [0.05, 0.1) is 7.11 Å². The summed E-state index contributed by atoms with van der Waals surface area (Å²) in [7, 11) is 5.66. The minimum absolute atomic E-state index is 0. The molecule has 9 heteroatoms. The van der Waals surface area contributed by atoms with E-state index in [1.165, 1.54) is 0 Å². The third-order valence-corrected chi connectivity index (χ3v) is 4.47. The van der Waals surface area contributed by atoms with E-state index >= 15 is 0 Å². The summed E-state index contributed by atoms with van der Waals surface area (Å²) < 4.78 is 12.8. The Hall–Kier alpha value is -1.88. The molecule has 0 saturated carbocycles. The normalized spacial score (nSPS) is 11.1. The molecule has 2 aromatic rings. The quantitative estimate of drug-likeness (QED) is 0.227. The average Bonchev–Trinajstić information content (AvgIpc) is 3.02. The molecule has 0 radical (unpaired) electrons. The van der Waals surface area contributed by atoms with Crippen molar-refractivity contribution in [3.05, 3.63) is 41.5 Å². The zero-order chi connectivity index (χ0) is 20.4. The average molecular weight is 516 g/mol. The van der Waals surface area contributed by atoms with E-state index in [2.05, 4.69) is 26.5 Å². The van der Waals surface area contributed by atoms with Gasteiger partial charge in [0, 0.05) is 46.0 Å². The number of ether oxygens (including phenoxy) is 2. The first-order valence-electron chi connectivity index (χ1n) is 9.60. The molecule has 8 nitrogen and oxygen atoms in total. The second kappa shape index (κ2) is 13.4. The largest absolute Gasteiger partial charge is 0.496 e. The van der Waals surface area contributed by atoms with Gasteiger partial charge in [0.15, 0.2) is 11.8 Å². The second-order valence-electron chi connectivity index (χ2n) is 6.51. The van der Waals surface area contributed by atoms with E-state index < -0.39 is 0 Å². The monoisotopic (exact) mass is 516 g/mol. The Labute approximate surface area is 190 Å². The van der Waals surface area contributed by atoms with Crippen LogP contribution in [0, 0.1) is 6.92 Å². The van der Waals surface area contributed by atoms with Crippen molar-refractivity contribution in [2.75, 3.05) is 33.9 Å². The molecule has 0 fully saturated rings. The first-order valence-corrected chi connectivity index (χ1v) is 9.60. The minimum Gasteiger partial charge on any atom is -0.496 e. The molecule has 162 valence electrons. The first kappa shape index (κ1) is 25.2. The molecule has 1 aromatic carbocycles. The summed E-state index contributed by atoms with van der Waals surface area (Å²) in [4.78, 5) is 6.85. The summed E-state index contributed by atoms with van der Waals surface area (Å²) in [6.45, 7) is 7.33. The summed E-state index contributed by atoms with van der Waals surface area (Å²) in [5.41, 5.74) is 1.10. The van der Waals surface area contributed by atoms with E-state index in [-0.39, 0.29) is 24.0 Å². The molecule has 0 aliphatic heterocycles. The SMILES string of the molecule is CCOCCCNC(=NCc1nnc(C)n1C)N(C)Cc1ccccc1OC.I. The number of nitrogens with zero attached hydrogens (tertiary/aromatic N) is 5. The van der Waals surface area contributed by atoms with Crippen LogP contribution in [0.1, 0.15) is 30.6 Å². The smallest absolute Gasteiger partial charge is 0.194 e. The van der Waals surface area contributed by atoms with E-state index in [0.29, 0.717) is 13.1 Å². The molecule has 0 aliphatic carbocycles. The molecule has 1 aromatic heterocycles. The highest BCUT2D eigenvalue weighted by molar-refractivity contribution is 14.0. The van der Waals surface area contributed by atoms with Crippen molar-refractivity contribution in [1.29, 1.82) is 0 Å². The maximum absolute atomic E-state index is 5.47. The molecule has 0 bridgehead atoms. The molecule has 1 N–H and O–H groups in total. The summed E-state index contributed by atoms with van der Waals surface area (Å²) in [6, 6.07) is 8.02. The Kier molecular flexibility index (Phi) is 11.6. The van der Waals surface area contributed by atoms with Crippen molar-refractivity contribution in [2.24, 2.45) is 12.0 Å². The van der Waals surface area contributed by atoms with Gasteiger partial charge in [0.2, 0.25) is 0 Å². The third-order valence-electron chi connectivity index (χ3n) is 4.47. The summed E-state index contributed by atoms with van der Waals surface area (Å²) in [5, 5.41) is 11.7. The number of aryl methyl sites for hydroxylation is 1. The molecular weight excluding hydrogens is 483 g/mol. The maximum atomic E-state index is 5.47. The number of halogens is 1. The molecule has 0 spiro atoms. The number of methoxy groups -OCH3 is 1. The molecule has 0 aliphatic rings. The van der Waals surface area contributed by atoms with Crippen LogP contribution in [0.4, 0.5) is 0 Å². The van der Waals surface area contributed by atoms with Gasteiger partial charge in [-0.25, -0.2) is 4.99 Å². The third kappa shape index (κ3) is 7.81. The van der Waals surface area contributed by atoms with Crippen LogP contribution in [0.15, 0.2) is 29.3 Å². The lowest BCUT2D eigenvalue weighted by Crippen LogP contribution is -2.39. The predicted molar refractivity (Wildman–Crippen MR) is 126 cm³/mol. The van der Waals surface area contributed by atoms with Crippen molar-refractivity contribution in [2.45, 2.75) is 33.4 Å². The van der Waals surface area contributed by atoms with Crippen LogP contribution < -0.4 is 10.1 Å². The lowest BCUT2D eigenvalue weighted by molar-refractivity contribution is 0.145. The number of aromatic nitrogens is 3. The fraction of sp³-hybridized carbons (Fsp3) is 0.550. The number of hydrogen-bond donors (Lipinski definition) is 1. The summed E-state index contributed by atoms with van der Waals surface area (Å²) >= 11 is 0. The lowest BCUT2D eigenvalue weighted by atomic mass is 10.2. The van der Waals surface area contributed by atoms with E-state index in [1.54, 1.807) is 7.11 Å². The Balaban J connectivity index is 0.00000420. The number of benzene rings is 1. The molecule has 2 rings (SSSR count). The van der Waals surface area contributed by atoms with Crippen molar-refractivity contribution >= 4 is 29.9 Å². The molecule has 0 saturated heterocycles. The fourth-order valence-corrected chi connectivity index (χ4v) is 2.73. The zero-order valence-electron chi connectivity index (χ0n) is 18.0. The van der Waals surface area contributed by atoms with Crippen LogP contribution in [0.5, 0.6) is 5.75 Å². The van der Waals surface area contributed by atoms with Gasteiger partial charge in [-0.15, -0.1) is 34.2 Å². The Morgan fingerprint density at radius 2 is 2.03 bits per heavy atom. The van der Waals surface area contributed by atoms with Gasteiger partial charge in [-0.1, -0.05) is 18.2 Å². The Morgan fingerprint density at radius 1 is 1.28 bits per heavy atom. The van der Waals surface area contributed by atoms with Gasteiger partial charge in [-0.05, 0) is 26.3 Å². The van der Waals surface area contributed by atoms with Crippen LogP contribution in [0.25, 0.3) is 0 Å². The van der Waals surface area contributed by atoms with Gasteiger partial charge >= 0.3 is 0 Å². The van der Waals surface area contributed by atoms with E-state index in [9.17, 15) is 0 Å². The zero-order valence-corrected chi connectivity index (χ0v) is 20.3. The number of nitrogens with one attached hydrogen (secondary N) is 1. The number of guanidine groups is 1. The van der Waals surface area contributed by atoms with Crippen LogP contribution in [-0.2, 0) is 24.9 Å². The molecule has 0 unspecified atom stereocenters. The maximum Gasteiger partial charge on any atom is 0.194 e. The topological polar surface area (TPSA) is 76.8 Å². The van der Waals surface area contributed by atoms with E-state index in [4.69, 9.17) is 14.5 Å². The van der Waals surface area contributed by atoms with Gasteiger partial charge in [0.25, 0.3) is 0 Å². The molecule has 1 heterocycles. The van der Waals surface area contributed by atoms with E-state index in [1.807, 2.05) is 50.7 Å². The van der Waals surface area contributed by atoms with Gasteiger partial charge < -0.3 is 24.3 Å². The van der Waals surface area contributed by atoms with Crippen molar-refractivity contribution < 1.29 is 9.47 Å². The minimum atomic E-state index is 0. The number of aliphatic imine (C=N–C) groups is 1. The molecular formula is C20H33IN6O2. The highest BCUT2D eigenvalue weighted by Crippen LogP contribution is 2.18. The van der Waals surface area contributed by atoms with Crippen LogP contribution >= 0.6 is 24.0 Å². The fourth-order valence-electron chi connectivity index (χ4n) is 2.73. The van der Waals surface area contributed by atoms with Gasteiger partial charge in [0.1, 0.15) is 18.1 Å². The second-order valence-corrected chi connectivity index (χ2v) is 6.51. The molecule has 0 amide bonds. The summed E-state index contributed by atoms with van der Waals surface area (Å²) in [6.07, 6.45) is 0.915. The first-order chi connectivity index (χ1) is 13.6. The highest BCUT2D eigenvalue weighted by Gasteiger charge is 2.11. The Bertz CT molecular complexity index is 765. The predicted octanol–water partition coefficient (Wildman–Crippen LogP) is 2.75. The van der Waals surface area contributed by atoms with Crippen molar-refractivity contribution in [3.8, 4) is 5.75 Å². The van der Waals surface area contributed by atoms with Gasteiger partial charge in [-0.2, -0.15) is 0 Å². The van der Waals surface area contributed by atoms with E-state index in [0.717, 1.165) is 55.1 Å². The van der Waals surface area contributed by atoms with Gasteiger partial charge in [-0.3, -0.25) is 0 Å². The summed E-state index contributed by atoms with van der Waals surface area (Å²) in [5.74, 6) is 3.38. The number of para-hydroxylation sites is 1. The van der Waals surface area contributed by atoms with Crippen LogP contribution in [-0.4, -0.2) is 59.5 Å². The van der Waals surface area contributed by atoms with Crippen molar-refractivity contribution in [1.82, 2.24) is 25.0 Å². The highest BCUT2D eigenvalue weighted by atomic mass is 127. The standard InChI is InChI=1S/C20H32N6O2.HI/c1-6-28-13-9-12-21-20(22-14-19-24-23-16(2)26(19)4)25(3)15-17-10-7-8-11-18(17)27-5;/h7-8,10-11H,6,9,12-15H2,1-5H3,(H,21,22);1H. The van der Waals surface area contributed by atoms with Crippen LogP contribution in [0.2, 0.25) is 0 Å².